The molecule has 2 aromatic carbocycles. The van der Waals surface area contributed by atoms with Gasteiger partial charge in [-0.2, -0.15) is 0 Å². The van der Waals surface area contributed by atoms with Gasteiger partial charge < -0.3 is 28.4 Å². The lowest BCUT2D eigenvalue weighted by Gasteiger charge is -2.35. The summed E-state index contributed by atoms with van der Waals surface area (Å²) < 4.78 is 33.0. The number of benzene rings is 2. The Balaban J connectivity index is 1.84. The van der Waals surface area contributed by atoms with Crippen LogP contribution in [0.4, 0.5) is 0 Å². The fourth-order valence-corrected chi connectivity index (χ4v) is 4.33. The molecule has 0 aromatic heterocycles. The van der Waals surface area contributed by atoms with Crippen molar-refractivity contribution in [3.05, 3.63) is 47.5 Å². The van der Waals surface area contributed by atoms with Gasteiger partial charge in [0.15, 0.2) is 11.5 Å². The number of methoxy groups -OCH3 is 1. The average Bonchev–Trinajstić information content (AvgIpc) is 2.83. The molecule has 204 valence electrons. The molecule has 10 nitrogen and oxygen atoms in total. The number of hydrogen-bond donors (Lipinski definition) is 0. The third-order valence-corrected chi connectivity index (χ3v) is 5.77. The number of carbonyl (C=O) groups is 4. The van der Waals surface area contributed by atoms with E-state index >= 15 is 0 Å². The SMILES string of the molecule is COc1cc([C@@H]2C[C@H](OC(C)=O)C[C@H](CCc3ccc(OC(C)=O)cc3)O2)cc(OC(C)=O)c1OC(C)=O. The Kier molecular flexibility index (Phi) is 9.84. The molecule has 0 saturated carbocycles. The number of aryl methyl sites for hydroxylation is 1. The van der Waals surface area contributed by atoms with Crippen molar-refractivity contribution >= 4 is 23.9 Å². The zero-order chi connectivity index (χ0) is 27.8. The molecule has 1 saturated heterocycles. The summed E-state index contributed by atoms with van der Waals surface area (Å²) in [5.41, 5.74) is 1.64. The molecular formula is C28H32O10. The van der Waals surface area contributed by atoms with E-state index in [1.807, 2.05) is 12.1 Å². The minimum atomic E-state index is -0.603. The first kappa shape index (κ1) is 28.6. The smallest absolute Gasteiger partial charge is 0.308 e. The molecule has 0 aliphatic carbocycles. The number of carbonyl (C=O) groups excluding carboxylic acids is 4. The molecule has 38 heavy (non-hydrogen) atoms. The Morgan fingerprint density at radius 2 is 1.45 bits per heavy atom. The van der Waals surface area contributed by atoms with Crippen LogP contribution in [0.15, 0.2) is 36.4 Å². The predicted molar refractivity (Wildman–Crippen MR) is 134 cm³/mol. The molecule has 10 heteroatoms. The molecule has 2 aromatic rings. The Morgan fingerprint density at radius 1 is 0.816 bits per heavy atom. The summed E-state index contributed by atoms with van der Waals surface area (Å²) in [6, 6.07) is 10.4. The second kappa shape index (κ2) is 13.0. The highest BCUT2D eigenvalue weighted by Crippen LogP contribution is 2.44. The Morgan fingerprint density at radius 3 is 2.03 bits per heavy atom. The molecule has 1 fully saturated rings. The van der Waals surface area contributed by atoms with E-state index in [0.717, 1.165) is 5.56 Å². The topological polar surface area (TPSA) is 124 Å². The molecule has 0 unspecified atom stereocenters. The lowest BCUT2D eigenvalue weighted by Crippen LogP contribution is -2.34. The molecule has 1 aliphatic heterocycles. The van der Waals surface area contributed by atoms with Crippen LogP contribution in [-0.4, -0.2) is 43.2 Å². The molecule has 0 spiro atoms. The number of esters is 4. The van der Waals surface area contributed by atoms with Gasteiger partial charge in [-0.3, -0.25) is 19.2 Å². The Labute approximate surface area is 221 Å². The Hall–Kier alpha value is -3.92. The van der Waals surface area contributed by atoms with E-state index in [9.17, 15) is 19.2 Å². The minimum Gasteiger partial charge on any atom is -0.493 e. The number of rotatable bonds is 9. The summed E-state index contributed by atoms with van der Waals surface area (Å²) in [6.45, 7) is 5.17. The van der Waals surface area contributed by atoms with Crippen LogP contribution in [0, 0.1) is 0 Å². The van der Waals surface area contributed by atoms with Gasteiger partial charge in [0.1, 0.15) is 11.9 Å². The largest absolute Gasteiger partial charge is 0.493 e. The van der Waals surface area contributed by atoms with Gasteiger partial charge in [0.25, 0.3) is 0 Å². The molecule has 1 heterocycles. The highest BCUT2D eigenvalue weighted by molar-refractivity contribution is 5.75. The van der Waals surface area contributed by atoms with Crippen molar-refractivity contribution in [2.75, 3.05) is 7.11 Å². The zero-order valence-electron chi connectivity index (χ0n) is 22.1. The normalized spacial score (nSPS) is 18.7. The van der Waals surface area contributed by atoms with Gasteiger partial charge in [0.05, 0.1) is 19.3 Å². The van der Waals surface area contributed by atoms with E-state index in [1.165, 1.54) is 34.8 Å². The maximum absolute atomic E-state index is 11.7. The summed E-state index contributed by atoms with van der Waals surface area (Å²) in [5, 5.41) is 0. The van der Waals surface area contributed by atoms with Crippen molar-refractivity contribution < 1.29 is 47.6 Å². The van der Waals surface area contributed by atoms with Crippen molar-refractivity contribution in [1.82, 2.24) is 0 Å². The molecule has 0 bridgehead atoms. The molecule has 1 aliphatic rings. The molecule has 3 rings (SSSR count). The van der Waals surface area contributed by atoms with Crippen molar-refractivity contribution in [3.63, 3.8) is 0 Å². The molecular weight excluding hydrogens is 496 g/mol. The third kappa shape index (κ3) is 8.31. The van der Waals surface area contributed by atoms with Gasteiger partial charge in [-0.15, -0.1) is 0 Å². The van der Waals surface area contributed by atoms with E-state index in [1.54, 1.807) is 24.3 Å². The molecule has 0 amide bonds. The highest BCUT2D eigenvalue weighted by Gasteiger charge is 2.33. The fraction of sp³-hybridized carbons (Fsp3) is 0.429. The standard InChI is InChI=1S/C28H32O10/c1-16(29)34-22-9-6-20(7-10-22)8-11-23-14-24(35-17(2)30)15-25(38-23)21-12-26(33-5)28(37-19(4)32)27(13-21)36-18(3)31/h6-7,9-10,12-13,23-25H,8,11,14-15H2,1-5H3/t23-,24+,25-/m0/s1. The van der Waals surface area contributed by atoms with Gasteiger partial charge >= 0.3 is 23.9 Å². The van der Waals surface area contributed by atoms with Gasteiger partial charge in [0.2, 0.25) is 5.75 Å². The minimum absolute atomic E-state index is 0.0138. The third-order valence-electron chi connectivity index (χ3n) is 5.77. The summed E-state index contributed by atoms with van der Waals surface area (Å²) in [6.07, 6.45) is 1.06. The van der Waals surface area contributed by atoms with Crippen LogP contribution in [0.5, 0.6) is 23.0 Å². The van der Waals surface area contributed by atoms with Gasteiger partial charge in [-0.25, -0.2) is 0 Å². The van der Waals surface area contributed by atoms with E-state index in [0.29, 0.717) is 37.0 Å². The Bertz CT molecular complexity index is 1170. The van der Waals surface area contributed by atoms with Crippen LogP contribution in [0.1, 0.15) is 64.2 Å². The monoisotopic (exact) mass is 528 g/mol. The summed E-state index contributed by atoms with van der Waals surface area (Å²) in [7, 11) is 1.41. The van der Waals surface area contributed by atoms with Crippen LogP contribution < -0.4 is 18.9 Å². The van der Waals surface area contributed by atoms with Gasteiger partial charge in [-0.1, -0.05) is 12.1 Å². The first-order chi connectivity index (χ1) is 18.0. The van der Waals surface area contributed by atoms with Crippen LogP contribution in [0.25, 0.3) is 0 Å². The second-order valence-corrected chi connectivity index (χ2v) is 8.96. The van der Waals surface area contributed by atoms with Crippen LogP contribution >= 0.6 is 0 Å². The quantitative estimate of drug-likeness (QED) is 0.344. The van der Waals surface area contributed by atoms with Gasteiger partial charge in [-0.05, 0) is 48.2 Å². The number of ether oxygens (including phenoxy) is 6. The van der Waals surface area contributed by atoms with Gasteiger partial charge in [0, 0.05) is 40.5 Å². The van der Waals surface area contributed by atoms with E-state index in [2.05, 4.69) is 0 Å². The van der Waals surface area contributed by atoms with Crippen molar-refractivity contribution in [1.29, 1.82) is 0 Å². The lowest BCUT2D eigenvalue weighted by molar-refractivity contribution is -0.160. The van der Waals surface area contributed by atoms with Crippen LogP contribution in [0.3, 0.4) is 0 Å². The summed E-state index contributed by atoms with van der Waals surface area (Å²) >= 11 is 0. The highest BCUT2D eigenvalue weighted by atomic mass is 16.6. The van der Waals surface area contributed by atoms with Crippen molar-refractivity contribution in [2.45, 2.75) is 71.7 Å². The maximum Gasteiger partial charge on any atom is 0.308 e. The fourth-order valence-electron chi connectivity index (χ4n) is 4.33. The maximum atomic E-state index is 11.7. The lowest BCUT2D eigenvalue weighted by atomic mass is 9.93. The first-order valence-corrected chi connectivity index (χ1v) is 12.2. The van der Waals surface area contributed by atoms with E-state index in [-0.39, 0.29) is 41.4 Å². The molecule has 0 radical (unpaired) electrons. The predicted octanol–water partition coefficient (Wildman–Crippen LogP) is 4.26. The second-order valence-electron chi connectivity index (χ2n) is 8.96. The summed E-state index contributed by atoms with van der Waals surface area (Å²) in [4.78, 5) is 46.3. The molecule has 0 N–H and O–H groups in total. The van der Waals surface area contributed by atoms with E-state index in [4.69, 9.17) is 28.4 Å². The average molecular weight is 529 g/mol. The van der Waals surface area contributed by atoms with Crippen LogP contribution in [0.2, 0.25) is 0 Å². The van der Waals surface area contributed by atoms with E-state index < -0.39 is 18.0 Å². The van der Waals surface area contributed by atoms with Crippen molar-refractivity contribution in [3.8, 4) is 23.0 Å². The summed E-state index contributed by atoms with van der Waals surface area (Å²) in [5.74, 6) is -1.31. The zero-order valence-corrected chi connectivity index (χ0v) is 22.1. The van der Waals surface area contributed by atoms with Crippen LogP contribution in [-0.2, 0) is 35.1 Å². The number of hydrogen-bond acceptors (Lipinski definition) is 10. The van der Waals surface area contributed by atoms with Crippen molar-refractivity contribution in [2.24, 2.45) is 0 Å². The first-order valence-electron chi connectivity index (χ1n) is 12.2. The molecule has 3 atom stereocenters.